The van der Waals surface area contributed by atoms with Gasteiger partial charge in [-0.05, 0) is 24.5 Å². The Morgan fingerprint density at radius 1 is 1.18 bits per heavy atom. The van der Waals surface area contributed by atoms with Gasteiger partial charge in [0.1, 0.15) is 0 Å². The molecular weight excluding hydrogens is 299 g/mol. The lowest BCUT2D eigenvalue weighted by Crippen LogP contribution is -2.34. The molecule has 0 aromatic heterocycles. The lowest BCUT2D eigenvalue weighted by Gasteiger charge is -2.19. The molecule has 0 aliphatic carbocycles. The highest BCUT2D eigenvalue weighted by Gasteiger charge is 2.34. The van der Waals surface area contributed by atoms with E-state index in [1.807, 2.05) is 0 Å². The van der Waals surface area contributed by atoms with E-state index in [2.05, 4.69) is 5.32 Å². The summed E-state index contributed by atoms with van der Waals surface area (Å²) < 4.78 is 38.8. The molecule has 1 amide bonds. The van der Waals surface area contributed by atoms with Crippen LogP contribution >= 0.6 is 0 Å². The number of amides is 1. The van der Waals surface area contributed by atoms with Gasteiger partial charge in [-0.2, -0.15) is 13.2 Å². The minimum atomic E-state index is -4.47. The summed E-state index contributed by atoms with van der Waals surface area (Å²) >= 11 is 0. The quantitative estimate of drug-likeness (QED) is 0.847. The standard InChI is InChI=1S/C15H18F3NO3/c1-9(7-13(20)19-10(2)8-14(21)22)11-5-3-4-6-12(11)15(16,17)18/h3-6,9-10H,7-8H2,1-2H3,(H,19,20)(H,21,22). The number of carboxylic acid groups (broad SMARTS) is 1. The van der Waals surface area contributed by atoms with Crippen molar-refractivity contribution in [2.45, 2.75) is 44.8 Å². The van der Waals surface area contributed by atoms with Gasteiger partial charge in [0.2, 0.25) is 5.91 Å². The predicted molar refractivity (Wildman–Crippen MR) is 74.3 cm³/mol. The van der Waals surface area contributed by atoms with E-state index in [0.717, 1.165) is 6.07 Å². The first kappa shape index (κ1) is 18.0. The number of hydrogen-bond donors (Lipinski definition) is 2. The number of halogens is 3. The minimum absolute atomic E-state index is 0.0519. The number of nitrogens with one attached hydrogen (secondary N) is 1. The zero-order chi connectivity index (χ0) is 16.9. The maximum atomic E-state index is 12.9. The van der Waals surface area contributed by atoms with E-state index >= 15 is 0 Å². The van der Waals surface area contributed by atoms with Crippen LogP contribution in [0.3, 0.4) is 0 Å². The highest BCUT2D eigenvalue weighted by molar-refractivity contribution is 5.78. The Morgan fingerprint density at radius 3 is 2.32 bits per heavy atom. The summed E-state index contributed by atoms with van der Waals surface area (Å²) in [6.07, 6.45) is -4.85. The highest BCUT2D eigenvalue weighted by atomic mass is 19.4. The van der Waals surface area contributed by atoms with E-state index in [-0.39, 0.29) is 18.4 Å². The summed E-state index contributed by atoms with van der Waals surface area (Å²) in [7, 11) is 0. The Morgan fingerprint density at radius 2 is 1.77 bits per heavy atom. The molecule has 2 atom stereocenters. The van der Waals surface area contributed by atoms with E-state index in [9.17, 15) is 22.8 Å². The second-order valence-corrected chi connectivity index (χ2v) is 5.26. The molecule has 4 nitrogen and oxygen atoms in total. The van der Waals surface area contributed by atoms with E-state index in [4.69, 9.17) is 5.11 Å². The van der Waals surface area contributed by atoms with Gasteiger partial charge in [-0.3, -0.25) is 9.59 Å². The summed E-state index contributed by atoms with van der Waals surface area (Å²) in [5.41, 5.74) is -0.704. The second kappa shape index (κ2) is 7.29. The lowest BCUT2D eigenvalue weighted by molar-refractivity contribution is -0.139. The highest BCUT2D eigenvalue weighted by Crippen LogP contribution is 2.35. The zero-order valence-corrected chi connectivity index (χ0v) is 12.3. The average Bonchev–Trinajstić information content (AvgIpc) is 2.36. The molecule has 1 rings (SSSR count). The number of alkyl halides is 3. The second-order valence-electron chi connectivity index (χ2n) is 5.26. The molecule has 0 aliphatic heterocycles. The molecule has 22 heavy (non-hydrogen) atoms. The minimum Gasteiger partial charge on any atom is -0.481 e. The Kier molecular flexibility index (Phi) is 5.96. The summed E-state index contributed by atoms with van der Waals surface area (Å²) in [4.78, 5) is 22.3. The van der Waals surface area contributed by atoms with Crippen molar-refractivity contribution in [3.63, 3.8) is 0 Å². The summed E-state index contributed by atoms with van der Waals surface area (Å²) in [6.45, 7) is 3.06. The van der Waals surface area contributed by atoms with E-state index in [0.29, 0.717) is 0 Å². The molecule has 0 heterocycles. The summed E-state index contributed by atoms with van der Waals surface area (Å²) in [5, 5.41) is 11.1. The SMILES string of the molecule is CC(CC(=O)O)NC(=O)CC(C)c1ccccc1C(F)(F)F. The molecule has 7 heteroatoms. The van der Waals surface area contributed by atoms with Crippen LogP contribution in [0.15, 0.2) is 24.3 Å². The third kappa shape index (κ3) is 5.38. The molecule has 0 bridgehead atoms. The molecule has 1 aromatic carbocycles. The number of carboxylic acids is 1. The molecule has 0 spiro atoms. The molecule has 0 radical (unpaired) electrons. The van der Waals surface area contributed by atoms with Crippen LogP contribution in [0.5, 0.6) is 0 Å². The van der Waals surface area contributed by atoms with Crippen molar-refractivity contribution < 1.29 is 27.9 Å². The lowest BCUT2D eigenvalue weighted by atomic mass is 9.92. The first-order valence-corrected chi connectivity index (χ1v) is 6.78. The fourth-order valence-electron chi connectivity index (χ4n) is 2.22. The number of aliphatic carboxylic acids is 1. The maximum Gasteiger partial charge on any atom is 0.416 e. The van der Waals surface area contributed by atoms with E-state index < -0.39 is 35.6 Å². The molecule has 2 N–H and O–H groups in total. The van der Waals surface area contributed by atoms with Crippen molar-refractivity contribution >= 4 is 11.9 Å². The van der Waals surface area contributed by atoms with Crippen molar-refractivity contribution in [2.24, 2.45) is 0 Å². The maximum absolute atomic E-state index is 12.9. The van der Waals surface area contributed by atoms with Crippen LogP contribution in [0.1, 0.15) is 43.7 Å². The molecule has 0 aliphatic rings. The molecule has 2 unspecified atom stereocenters. The van der Waals surface area contributed by atoms with Crippen molar-refractivity contribution in [2.75, 3.05) is 0 Å². The fourth-order valence-corrected chi connectivity index (χ4v) is 2.22. The van der Waals surface area contributed by atoms with Gasteiger partial charge in [0.25, 0.3) is 0 Å². The van der Waals surface area contributed by atoms with Crippen molar-refractivity contribution in [3.8, 4) is 0 Å². The first-order chi connectivity index (χ1) is 10.1. The number of carbonyl (C=O) groups excluding carboxylic acids is 1. The van der Waals surface area contributed by atoms with Gasteiger partial charge in [0.15, 0.2) is 0 Å². The summed E-state index contributed by atoms with van der Waals surface area (Å²) in [5.74, 6) is -2.16. The Labute approximate surface area is 126 Å². The van der Waals surface area contributed by atoms with Gasteiger partial charge >= 0.3 is 12.1 Å². The fraction of sp³-hybridized carbons (Fsp3) is 0.467. The smallest absolute Gasteiger partial charge is 0.416 e. The number of rotatable bonds is 6. The zero-order valence-electron chi connectivity index (χ0n) is 12.3. The van der Waals surface area contributed by atoms with Gasteiger partial charge in [-0.25, -0.2) is 0 Å². The third-order valence-corrected chi connectivity index (χ3v) is 3.18. The van der Waals surface area contributed by atoms with Crippen molar-refractivity contribution in [3.05, 3.63) is 35.4 Å². The normalized spacial score (nSPS) is 14.2. The van der Waals surface area contributed by atoms with Crippen LogP contribution in [0.2, 0.25) is 0 Å². The number of benzene rings is 1. The van der Waals surface area contributed by atoms with Crippen LogP contribution in [0.4, 0.5) is 13.2 Å². The first-order valence-electron chi connectivity index (χ1n) is 6.78. The largest absolute Gasteiger partial charge is 0.481 e. The van der Waals surface area contributed by atoms with Crippen LogP contribution in [-0.2, 0) is 15.8 Å². The van der Waals surface area contributed by atoms with Crippen LogP contribution in [0, 0.1) is 0 Å². The van der Waals surface area contributed by atoms with E-state index in [1.165, 1.54) is 32.0 Å². The number of hydrogen-bond acceptors (Lipinski definition) is 2. The van der Waals surface area contributed by atoms with Gasteiger partial charge in [0.05, 0.1) is 12.0 Å². The number of carbonyl (C=O) groups is 2. The third-order valence-electron chi connectivity index (χ3n) is 3.18. The van der Waals surface area contributed by atoms with E-state index in [1.54, 1.807) is 0 Å². The van der Waals surface area contributed by atoms with Gasteiger partial charge in [-0.1, -0.05) is 25.1 Å². The molecule has 0 fully saturated rings. The molecule has 122 valence electrons. The average molecular weight is 317 g/mol. The molecular formula is C15H18F3NO3. The van der Waals surface area contributed by atoms with Crippen molar-refractivity contribution in [1.82, 2.24) is 5.32 Å². The van der Waals surface area contributed by atoms with Crippen molar-refractivity contribution in [1.29, 1.82) is 0 Å². The van der Waals surface area contributed by atoms with Crippen LogP contribution < -0.4 is 5.32 Å². The molecule has 0 saturated carbocycles. The van der Waals surface area contributed by atoms with Gasteiger partial charge < -0.3 is 10.4 Å². The monoisotopic (exact) mass is 317 g/mol. The van der Waals surface area contributed by atoms with Gasteiger partial charge in [-0.15, -0.1) is 0 Å². The van der Waals surface area contributed by atoms with Crippen LogP contribution in [0.25, 0.3) is 0 Å². The Bertz CT molecular complexity index is 543. The van der Waals surface area contributed by atoms with Crippen LogP contribution in [-0.4, -0.2) is 23.0 Å². The molecule has 1 aromatic rings. The topological polar surface area (TPSA) is 66.4 Å². The Hall–Kier alpha value is -2.05. The van der Waals surface area contributed by atoms with Gasteiger partial charge in [0, 0.05) is 12.5 Å². The summed E-state index contributed by atoms with van der Waals surface area (Å²) in [6, 6.07) is 4.55. The predicted octanol–water partition coefficient (Wildman–Crippen LogP) is 3.18. The molecule has 0 saturated heterocycles. The Balaban J connectivity index is 2.75.